The summed E-state index contributed by atoms with van der Waals surface area (Å²) in [5.74, 6) is 0.665. The predicted octanol–water partition coefficient (Wildman–Crippen LogP) is 2.54. The molecule has 3 nitrogen and oxygen atoms in total. The third-order valence-electron chi connectivity index (χ3n) is 3.58. The zero-order chi connectivity index (χ0) is 13.1. The van der Waals surface area contributed by atoms with Crippen molar-refractivity contribution in [3.8, 4) is 0 Å². The Labute approximate surface area is 113 Å². The third kappa shape index (κ3) is 2.85. The number of rotatable bonds is 4. The standard InChI is InChI=1S/C14H19ClN2O/c1-16-7-6-11(8-16)9-17(2)14-5-3-4-13(15)12(14)10-18/h3-5,10-11H,6-9H2,1-2H3. The summed E-state index contributed by atoms with van der Waals surface area (Å²) in [5.41, 5.74) is 1.51. The van der Waals surface area contributed by atoms with Gasteiger partial charge in [-0.1, -0.05) is 17.7 Å². The number of aldehydes is 1. The number of carbonyl (C=O) groups is 1. The maximum atomic E-state index is 11.1. The van der Waals surface area contributed by atoms with E-state index in [4.69, 9.17) is 11.6 Å². The minimum atomic E-state index is 0.526. The van der Waals surface area contributed by atoms with Crippen LogP contribution in [-0.2, 0) is 0 Å². The number of carbonyl (C=O) groups excluding carboxylic acids is 1. The number of halogens is 1. The average Bonchev–Trinajstić information content (AvgIpc) is 2.74. The Morgan fingerprint density at radius 3 is 2.94 bits per heavy atom. The van der Waals surface area contributed by atoms with Crippen LogP contribution in [-0.4, -0.2) is 44.9 Å². The molecule has 98 valence electrons. The largest absolute Gasteiger partial charge is 0.374 e. The van der Waals surface area contributed by atoms with Crippen LogP contribution in [0.15, 0.2) is 18.2 Å². The van der Waals surface area contributed by atoms with Crippen molar-refractivity contribution in [3.05, 3.63) is 28.8 Å². The SMILES string of the molecule is CN1CCC(CN(C)c2cccc(Cl)c2C=O)C1. The Balaban J connectivity index is 2.11. The fourth-order valence-electron chi connectivity index (χ4n) is 2.64. The van der Waals surface area contributed by atoms with E-state index in [1.807, 2.05) is 19.2 Å². The minimum Gasteiger partial charge on any atom is -0.374 e. The summed E-state index contributed by atoms with van der Waals surface area (Å²) >= 11 is 6.05. The molecule has 4 heteroatoms. The molecule has 0 bridgehead atoms. The number of hydrogen-bond acceptors (Lipinski definition) is 3. The van der Waals surface area contributed by atoms with E-state index >= 15 is 0 Å². The number of anilines is 1. The summed E-state index contributed by atoms with van der Waals surface area (Å²) in [6, 6.07) is 5.60. The quantitative estimate of drug-likeness (QED) is 0.783. The van der Waals surface area contributed by atoms with Gasteiger partial charge in [0, 0.05) is 25.8 Å². The minimum absolute atomic E-state index is 0.526. The molecule has 0 N–H and O–H groups in total. The van der Waals surface area contributed by atoms with Gasteiger partial charge < -0.3 is 9.80 Å². The van der Waals surface area contributed by atoms with Gasteiger partial charge in [0.1, 0.15) is 0 Å². The lowest BCUT2D eigenvalue weighted by molar-refractivity contribution is 0.112. The van der Waals surface area contributed by atoms with Crippen LogP contribution in [0.3, 0.4) is 0 Å². The Morgan fingerprint density at radius 1 is 1.56 bits per heavy atom. The Kier molecular flexibility index (Phi) is 4.25. The number of benzene rings is 1. The molecule has 0 saturated carbocycles. The molecule has 1 heterocycles. The fourth-order valence-corrected chi connectivity index (χ4v) is 2.85. The highest BCUT2D eigenvalue weighted by molar-refractivity contribution is 6.33. The second-order valence-electron chi connectivity index (χ2n) is 5.09. The maximum absolute atomic E-state index is 11.1. The van der Waals surface area contributed by atoms with Gasteiger partial charge in [-0.05, 0) is 38.1 Å². The van der Waals surface area contributed by atoms with Crippen LogP contribution in [0.1, 0.15) is 16.8 Å². The van der Waals surface area contributed by atoms with E-state index in [2.05, 4.69) is 16.8 Å². The monoisotopic (exact) mass is 266 g/mol. The lowest BCUT2D eigenvalue weighted by Gasteiger charge is -2.24. The van der Waals surface area contributed by atoms with Crippen molar-refractivity contribution >= 4 is 23.6 Å². The molecule has 2 rings (SSSR count). The fraction of sp³-hybridized carbons (Fsp3) is 0.500. The van der Waals surface area contributed by atoms with Crippen LogP contribution in [0.4, 0.5) is 5.69 Å². The van der Waals surface area contributed by atoms with E-state index in [0.29, 0.717) is 16.5 Å². The van der Waals surface area contributed by atoms with E-state index in [0.717, 1.165) is 31.6 Å². The second kappa shape index (κ2) is 5.72. The molecule has 1 aromatic rings. The van der Waals surface area contributed by atoms with Crippen LogP contribution in [0.2, 0.25) is 5.02 Å². The zero-order valence-corrected chi connectivity index (χ0v) is 11.7. The molecule has 1 atom stereocenters. The zero-order valence-electron chi connectivity index (χ0n) is 10.9. The van der Waals surface area contributed by atoms with Gasteiger partial charge in [0.05, 0.1) is 10.6 Å². The highest BCUT2D eigenvalue weighted by atomic mass is 35.5. The van der Waals surface area contributed by atoms with E-state index in [-0.39, 0.29) is 0 Å². The molecule has 0 aromatic heterocycles. The Hall–Kier alpha value is -1.06. The molecule has 0 radical (unpaired) electrons. The van der Waals surface area contributed by atoms with Crippen molar-refractivity contribution < 1.29 is 4.79 Å². The van der Waals surface area contributed by atoms with Gasteiger partial charge in [0.25, 0.3) is 0 Å². The van der Waals surface area contributed by atoms with Crippen LogP contribution in [0, 0.1) is 5.92 Å². The summed E-state index contributed by atoms with van der Waals surface area (Å²) < 4.78 is 0. The molecule has 1 saturated heterocycles. The molecule has 0 amide bonds. The van der Waals surface area contributed by atoms with Gasteiger partial charge in [-0.15, -0.1) is 0 Å². The second-order valence-corrected chi connectivity index (χ2v) is 5.50. The topological polar surface area (TPSA) is 23.6 Å². The van der Waals surface area contributed by atoms with E-state index in [9.17, 15) is 4.79 Å². The van der Waals surface area contributed by atoms with Crippen molar-refractivity contribution in [3.63, 3.8) is 0 Å². The molecule has 1 aromatic carbocycles. The lowest BCUT2D eigenvalue weighted by atomic mass is 10.1. The Morgan fingerprint density at radius 2 is 2.33 bits per heavy atom. The molecule has 1 fully saturated rings. The molecular formula is C14H19ClN2O. The first kappa shape index (κ1) is 13.4. The molecule has 1 aliphatic rings. The normalized spacial score (nSPS) is 20.1. The number of likely N-dealkylation sites (tertiary alicyclic amines) is 1. The summed E-state index contributed by atoms with van der Waals surface area (Å²) in [6.45, 7) is 3.25. The lowest BCUT2D eigenvalue weighted by Crippen LogP contribution is -2.28. The van der Waals surface area contributed by atoms with Crippen LogP contribution < -0.4 is 4.90 Å². The van der Waals surface area contributed by atoms with Gasteiger partial charge in [-0.2, -0.15) is 0 Å². The van der Waals surface area contributed by atoms with Crippen LogP contribution >= 0.6 is 11.6 Å². The molecule has 0 aliphatic carbocycles. The van der Waals surface area contributed by atoms with E-state index in [1.54, 1.807) is 6.07 Å². The molecular weight excluding hydrogens is 248 g/mol. The van der Waals surface area contributed by atoms with Gasteiger partial charge in [-0.25, -0.2) is 0 Å². The van der Waals surface area contributed by atoms with Crippen LogP contribution in [0.25, 0.3) is 0 Å². The smallest absolute Gasteiger partial charge is 0.153 e. The summed E-state index contributed by atoms with van der Waals surface area (Å²) in [4.78, 5) is 15.6. The van der Waals surface area contributed by atoms with E-state index < -0.39 is 0 Å². The van der Waals surface area contributed by atoms with Crippen molar-refractivity contribution in [2.24, 2.45) is 5.92 Å². The van der Waals surface area contributed by atoms with Gasteiger partial charge in [0.2, 0.25) is 0 Å². The van der Waals surface area contributed by atoms with Crippen molar-refractivity contribution in [1.29, 1.82) is 0 Å². The highest BCUT2D eigenvalue weighted by Gasteiger charge is 2.21. The van der Waals surface area contributed by atoms with Gasteiger partial charge in [-0.3, -0.25) is 4.79 Å². The van der Waals surface area contributed by atoms with E-state index in [1.165, 1.54) is 6.42 Å². The van der Waals surface area contributed by atoms with Crippen molar-refractivity contribution in [2.45, 2.75) is 6.42 Å². The molecule has 1 aliphatic heterocycles. The summed E-state index contributed by atoms with van der Waals surface area (Å²) in [5, 5.41) is 0.526. The average molecular weight is 267 g/mol. The first-order chi connectivity index (χ1) is 8.61. The first-order valence-corrected chi connectivity index (χ1v) is 6.63. The van der Waals surface area contributed by atoms with Gasteiger partial charge >= 0.3 is 0 Å². The number of hydrogen-bond donors (Lipinski definition) is 0. The maximum Gasteiger partial charge on any atom is 0.153 e. The summed E-state index contributed by atoms with van der Waals surface area (Å²) in [6.07, 6.45) is 2.06. The molecule has 0 spiro atoms. The summed E-state index contributed by atoms with van der Waals surface area (Å²) in [7, 11) is 4.17. The number of nitrogens with zero attached hydrogens (tertiary/aromatic N) is 2. The van der Waals surface area contributed by atoms with Crippen LogP contribution in [0.5, 0.6) is 0 Å². The predicted molar refractivity (Wildman–Crippen MR) is 75.7 cm³/mol. The molecule has 18 heavy (non-hydrogen) atoms. The highest BCUT2D eigenvalue weighted by Crippen LogP contribution is 2.26. The van der Waals surface area contributed by atoms with Crippen molar-refractivity contribution in [1.82, 2.24) is 4.90 Å². The molecule has 1 unspecified atom stereocenters. The third-order valence-corrected chi connectivity index (χ3v) is 3.91. The first-order valence-electron chi connectivity index (χ1n) is 6.25. The van der Waals surface area contributed by atoms with Crippen molar-refractivity contribution in [2.75, 3.05) is 38.6 Å². The Bertz CT molecular complexity index is 436. The van der Waals surface area contributed by atoms with Gasteiger partial charge in [0.15, 0.2) is 6.29 Å².